The van der Waals surface area contributed by atoms with Crippen molar-refractivity contribution in [2.45, 2.75) is 12.8 Å². The Morgan fingerprint density at radius 3 is 2.38 bits per heavy atom. The van der Waals surface area contributed by atoms with E-state index in [2.05, 4.69) is 15.6 Å². The minimum absolute atomic E-state index is 0.0311. The molecule has 3 amide bonds. The summed E-state index contributed by atoms with van der Waals surface area (Å²) in [5.41, 5.74) is -0.0537. The van der Waals surface area contributed by atoms with Gasteiger partial charge in [0.1, 0.15) is 17.4 Å². The highest BCUT2D eigenvalue weighted by Crippen LogP contribution is 2.28. The number of rotatable bonds is 5. The first-order valence-corrected chi connectivity index (χ1v) is 14.4. The molecule has 0 bridgehead atoms. The number of carbonyl (C=O) groups excluding carboxylic acids is 3. The minimum Gasteiger partial charge on any atom is -0.483 e. The van der Waals surface area contributed by atoms with Gasteiger partial charge in [-0.1, -0.05) is 11.6 Å². The zero-order valence-electron chi connectivity index (χ0n) is 24.2. The van der Waals surface area contributed by atoms with Crippen LogP contribution in [0.25, 0.3) is 11.3 Å². The summed E-state index contributed by atoms with van der Waals surface area (Å²) in [5.74, 6) is -2.81. The number of piperazine rings is 1. The van der Waals surface area contributed by atoms with Crippen molar-refractivity contribution in [3.63, 3.8) is 0 Å². The summed E-state index contributed by atoms with van der Waals surface area (Å²) >= 11 is 6.44. The fourth-order valence-electron chi connectivity index (χ4n) is 5.30. The maximum absolute atomic E-state index is 14.7. The molecule has 0 aliphatic carbocycles. The van der Waals surface area contributed by atoms with Crippen LogP contribution in [-0.4, -0.2) is 87.9 Å². The van der Waals surface area contributed by atoms with Crippen LogP contribution in [0.1, 0.15) is 39.4 Å². The lowest BCUT2D eigenvalue weighted by Gasteiger charge is -2.37. The molecule has 0 radical (unpaired) electrons. The SMILES string of the molecule is Cn1c(-c2ccc(F)c(C#N)c2F)cnc1C(=O)Nc1ccc(C(=O)N2CCN(C(=O)C3CCNCC3)CC2)c(Cl)c1.O=CO. The smallest absolute Gasteiger partial charge is 0.291 e. The van der Waals surface area contributed by atoms with E-state index in [1.165, 1.54) is 48.1 Å². The van der Waals surface area contributed by atoms with E-state index in [1.807, 2.05) is 4.90 Å². The lowest BCUT2D eigenvalue weighted by molar-refractivity contribution is -0.137. The zero-order valence-corrected chi connectivity index (χ0v) is 25.0. The number of anilines is 1. The lowest BCUT2D eigenvalue weighted by atomic mass is 9.96. The molecule has 0 atom stereocenters. The Morgan fingerprint density at radius 2 is 1.76 bits per heavy atom. The quantitative estimate of drug-likeness (QED) is 0.358. The Bertz CT molecular complexity index is 1640. The van der Waals surface area contributed by atoms with Crippen molar-refractivity contribution in [3.8, 4) is 17.3 Å². The number of hydrogen-bond acceptors (Lipinski definition) is 7. The molecule has 0 unspecified atom stereocenters. The molecule has 2 aliphatic rings. The Labute approximate surface area is 262 Å². The molecule has 1 aromatic heterocycles. The van der Waals surface area contributed by atoms with Crippen LogP contribution in [0.2, 0.25) is 5.02 Å². The zero-order chi connectivity index (χ0) is 32.7. The van der Waals surface area contributed by atoms with Gasteiger partial charge in [-0.3, -0.25) is 19.2 Å². The van der Waals surface area contributed by atoms with Crippen molar-refractivity contribution >= 4 is 41.5 Å². The lowest BCUT2D eigenvalue weighted by Crippen LogP contribution is -2.52. The number of nitrogens with one attached hydrogen (secondary N) is 2. The number of carboxylic acid groups (broad SMARTS) is 1. The number of aromatic nitrogens is 2. The molecule has 12 nitrogen and oxygen atoms in total. The van der Waals surface area contributed by atoms with Crippen LogP contribution in [0.5, 0.6) is 0 Å². The first kappa shape index (κ1) is 33.0. The second-order valence-electron chi connectivity index (χ2n) is 10.3. The Morgan fingerprint density at radius 1 is 1.11 bits per heavy atom. The summed E-state index contributed by atoms with van der Waals surface area (Å²) in [4.78, 5) is 54.9. The van der Waals surface area contributed by atoms with Gasteiger partial charge in [-0.05, 0) is 56.3 Å². The van der Waals surface area contributed by atoms with Gasteiger partial charge in [0.2, 0.25) is 5.91 Å². The van der Waals surface area contributed by atoms with Gasteiger partial charge in [-0.25, -0.2) is 13.8 Å². The normalized spacial score (nSPS) is 15.0. The fraction of sp³-hybridized carbons (Fsp3) is 0.333. The highest BCUT2D eigenvalue weighted by atomic mass is 35.5. The molecule has 2 fully saturated rings. The number of hydrogen-bond donors (Lipinski definition) is 3. The van der Waals surface area contributed by atoms with Crippen LogP contribution < -0.4 is 10.6 Å². The van der Waals surface area contributed by atoms with Crippen molar-refractivity contribution < 1.29 is 33.1 Å². The number of amides is 3. The van der Waals surface area contributed by atoms with E-state index in [0.29, 0.717) is 31.9 Å². The van der Waals surface area contributed by atoms with Gasteiger partial charge < -0.3 is 30.1 Å². The molecule has 2 aliphatic heterocycles. The van der Waals surface area contributed by atoms with E-state index >= 15 is 0 Å². The number of nitriles is 1. The summed E-state index contributed by atoms with van der Waals surface area (Å²) in [6, 6.07) is 8.16. The number of imidazole rings is 1. The fourth-order valence-corrected chi connectivity index (χ4v) is 5.57. The van der Waals surface area contributed by atoms with Gasteiger partial charge in [0.15, 0.2) is 11.6 Å². The van der Waals surface area contributed by atoms with Gasteiger partial charge in [0.25, 0.3) is 18.3 Å². The molecule has 15 heteroatoms. The number of piperidine rings is 1. The summed E-state index contributed by atoms with van der Waals surface area (Å²) in [6.45, 7) is 3.16. The van der Waals surface area contributed by atoms with Crippen molar-refractivity contribution in [2.75, 3.05) is 44.6 Å². The highest BCUT2D eigenvalue weighted by molar-refractivity contribution is 6.34. The van der Waals surface area contributed by atoms with E-state index in [1.54, 1.807) is 4.90 Å². The predicted octanol–water partition coefficient (Wildman–Crippen LogP) is 3.13. The van der Waals surface area contributed by atoms with E-state index in [4.69, 9.17) is 26.8 Å². The van der Waals surface area contributed by atoms with Crippen LogP contribution >= 0.6 is 11.6 Å². The van der Waals surface area contributed by atoms with Crippen LogP contribution in [0.4, 0.5) is 14.5 Å². The topological polar surface area (TPSA) is 161 Å². The van der Waals surface area contributed by atoms with Crippen LogP contribution in [0, 0.1) is 28.9 Å². The van der Waals surface area contributed by atoms with Gasteiger partial charge >= 0.3 is 0 Å². The molecular weight excluding hydrogens is 612 g/mol. The van der Waals surface area contributed by atoms with Crippen molar-refractivity contribution in [1.29, 1.82) is 5.26 Å². The molecule has 0 spiro atoms. The highest BCUT2D eigenvalue weighted by Gasteiger charge is 2.30. The standard InChI is InChI=1S/C29H28ClF2N7O3.CH2O2/c1-37-24(20-4-5-23(31)21(15-33)25(20)32)16-35-26(37)27(40)36-18-2-3-19(22(30)14-18)29(42)39-12-10-38(11-13-39)28(41)17-6-8-34-9-7-17;2-1-3/h2-5,14,16-17,34H,6-13H2,1H3,(H,36,40);1H,(H,2,3). The Balaban J connectivity index is 0.00000148. The molecule has 2 saturated heterocycles. The first-order chi connectivity index (χ1) is 21.6. The van der Waals surface area contributed by atoms with E-state index < -0.39 is 23.1 Å². The Kier molecular flexibility index (Phi) is 10.8. The third-order valence-corrected chi connectivity index (χ3v) is 8.01. The summed E-state index contributed by atoms with van der Waals surface area (Å²) in [5, 5.41) is 22.0. The maximum Gasteiger partial charge on any atom is 0.291 e. The summed E-state index contributed by atoms with van der Waals surface area (Å²) in [7, 11) is 1.49. The summed E-state index contributed by atoms with van der Waals surface area (Å²) in [6.07, 6.45) is 2.91. The van der Waals surface area contributed by atoms with Crippen molar-refractivity contribution in [3.05, 3.63) is 70.1 Å². The number of carbonyl (C=O) groups is 4. The molecule has 3 N–H and O–H groups in total. The van der Waals surface area contributed by atoms with Crippen molar-refractivity contribution in [2.24, 2.45) is 13.0 Å². The second-order valence-corrected chi connectivity index (χ2v) is 10.7. The number of nitrogens with zero attached hydrogens (tertiary/aromatic N) is 5. The summed E-state index contributed by atoms with van der Waals surface area (Å²) < 4.78 is 29.8. The molecular formula is C30H30ClF2N7O5. The second kappa shape index (κ2) is 14.7. The average molecular weight is 642 g/mol. The van der Waals surface area contributed by atoms with Crippen LogP contribution in [0.15, 0.2) is 36.5 Å². The van der Waals surface area contributed by atoms with E-state index in [0.717, 1.165) is 32.0 Å². The number of benzene rings is 2. The van der Waals surface area contributed by atoms with Gasteiger partial charge in [0.05, 0.1) is 22.5 Å². The molecule has 0 saturated carbocycles. The number of halogens is 3. The molecule has 2 aromatic carbocycles. The maximum atomic E-state index is 14.7. The minimum atomic E-state index is -1.05. The van der Waals surface area contributed by atoms with Crippen molar-refractivity contribution in [1.82, 2.24) is 24.7 Å². The monoisotopic (exact) mass is 641 g/mol. The van der Waals surface area contributed by atoms with Gasteiger partial charge in [-0.15, -0.1) is 0 Å². The van der Waals surface area contributed by atoms with Crippen LogP contribution in [0.3, 0.4) is 0 Å². The third-order valence-electron chi connectivity index (χ3n) is 7.69. The molecule has 5 rings (SSSR count). The first-order valence-electron chi connectivity index (χ1n) is 14.0. The van der Waals surface area contributed by atoms with E-state index in [9.17, 15) is 23.2 Å². The van der Waals surface area contributed by atoms with Gasteiger partial charge in [0, 0.05) is 50.4 Å². The predicted molar refractivity (Wildman–Crippen MR) is 159 cm³/mol. The Hall–Kier alpha value is -4.87. The molecule has 3 aromatic rings. The largest absolute Gasteiger partial charge is 0.483 e. The van der Waals surface area contributed by atoms with Gasteiger partial charge in [-0.2, -0.15) is 5.26 Å². The molecule has 236 valence electrons. The average Bonchev–Trinajstić information content (AvgIpc) is 3.42. The van der Waals surface area contributed by atoms with Crippen LogP contribution in [-0.2, 0) is 16.6 Å². The molecule has 3 heterocycles. The third kappa shape index (κ3) is 7.27. The van der Waals surface area contributed by atoms with E-state index in [-0.39, 0.29) is 51.9 Å². The molecule has 45 heavy (non-hydrogen) atoms.